The van der Waals surface area contributed by atoms with Crippen molar-refractivity contribution in [1.29, 1.82) is 0 Å². The van der Waals surface area contributed by atoms with Gasteiger partial charge in [0.05, 0.1) is 24.4 Å². The monoisotopic (exact) mass is 495 g/mol. The Kier molecular flexibility index (Phi) is 6.92. The topological polar surface area (TPSA) is 124 Å². The first-order valence-corrected chi connectivity index (χ1v) is 12.4. The van der Waals surface area contributed by atoms with Crippen LogP contribution in [0.1, 0.15) is 54.9 Å². The van der Waals surface area contributed by atoms with Crippen LogP contribution in [-0.4, -0.2) is 64.6 Å². The molecule has 0 radical (unpaired) electrons. The number of fused-ring (bicyclic) bond motifs is 1. The second-order valence-electron chi connectivity index (χ2n) is 9.43. The summed E-state index contributed by atoms with van der Waals surface area (Å²) in [5.41, 5.74) is 1.07. The van der Waals surface area contributed by atoms with Crippen LogP contribution in [0, 0.1) is 0 Å². The van der Waals surface area contributed by atoms with Gasteiger partial charge in [0.15, 0.2) is 5.65 Å². The Labute approximate surface area is 209 Å². The Morgan fingerprint density at radius 3 is 2.58 bits per heavy atom. The molecule has 0 aliphatic heterocycles. The number of aromatic nitrogens is 4. The van der Waals surface area contributed by atoms with Crippen molar-refractivity contribution in [3.05, 3.63) is 46.5 Å². The van der Waals surface area contributed by atoms with Crippen LogP contribution in [0.5, 0.6) is 0 Å². The Hall–Kier alpha value is -3.44. The molecule has 2 aliphatic carbocycles. The van der Waals surface area contributed by atoms with E-state index in [0.29, 0.717) is 28.5 Å². The number of amides is 1. The number of anilines is 3. The van der Waals surface area contributed by atoms with Gasteiger partial charge in [0.2, 0.25) is 0 Å². The zero-order chi connectivity index (χ0) is 25.2. The number of carbonyl (C=O) groups excluding carboxylic acids is 1. The van der Waals surface area contributed by atoms with Gasteiger partial charge in [-0.25, -0.2) is 4.98 Å². The van der Waals surface area contributed by atoms with Crippen LogP contribution >= 0.6 is 0 Å². The molecule has 11 nitrogen and oxygen atoms in total. The molecule has 1 amide bonds. The number of methoxy groups -OCH3 is 2. The van der Waals surface area contributed by atoms with Crippen LogP contribution in [0.4, 0.5) is 17.3 Å². The third-order valence-corrected chi connectivity index (χ3v) is 7.41. The molecule has 3 aromatic heterocycles. The smallest absolute Gasteiger partial charge is 0.274 e. The summed E-state index contributed by atoms with van der Waals surface area (Å²) in [6.07, 6.45) is 9.11. The van der Waals surface area contributed by atoms with Gasteiger partial charge >= 0.3 is 0 Å². The minimum absolute atomic E-state index is 0.0238. The molecule has 0 unspecified atom stereocenters. The van der Waals surface area contributed by atoms with E-state index in [2.05, 4.69) is 26.0 Å². The van der Waals surface area contributed by atoms with Crippen LogP contribution in [0.3, 0.4) is 0 Å². The van der Waals surface area contributed by atoms with Crippen molar-refractivity contribution in [2.45, 2.75) is 62.8 Å². The van der Waals surface area contributed by atoms with Gasteiger partial charge in [-0.05, 0) is 50.7 Å². The summed E-state index contributed by atoms with van der Waals surface area (Å²) in [7, 11) is 5.16. The van der Waals surface area contributed by atoms with E-state index in [1.165, 1.54) is 6.20 Å². The molecule has 3 aromatic rings. The van der Waals surface area contributed by atoms with Gasteiger partial charge in [-0.2, -0.15) is 9.61 Å². The molecule has 192 valence electrons. The van der Waals surface area contributed by atoms with Crippen LogP contribution in [0.25, 0.3) is 5.65 Å². The molecule has 5 rings (SSSR count). The fraction of sp³-hybridized carbons (Fsp3) is 0.520. The van der Waals surface area contributed by atoms with Gasteiger partial charge in [0, 0.05) is 39.6 Å². The van der Waals surface area contributed by atoms with Crippen LogP contribution < -0.4 is 21.5 Å². The summed E-state index contributed by atoms with van der Waals surface area (Å²) in [6.45, 7) is 0. The van der Waals surface area contributed by atoms with E-state index in [1.54, 1.807) is 42.5 Å². The highest BCUT2D eigenvalue weighted by atomic mass is 16.5. The van der Waals surface area contributed by atoms with Crippen molar-refractivity contribution in [3.8, 4) is 0 Å². The van der Waals surface area contributed by atoms with Gasteiger partial charge in [0.25, 0.3) is 11.5 Å². The fourth-order valence-corrected chi connectivity index (χ4v) is 5.12. The molecule has 0 spiro atoms. The summed E-state index contributed by atoms with van der Waals surface area (Å²) in [4.78, 5) is 31.0. The molecule has 3 N–H and O–H groups in total. The van der Waals surface area contributed by atoms with E-state index in [1.807, 2.05) is 12.3 Å². The quantitative estimate of drug-likeness (QED) is 0.436. The maximum Gasteiger partial charge on any atom is 0.274 e. The summed E-state index contributed by atoms with van der Waals surface area (Å²) in [5, 5.41) is 13.6. The first-order chi connectivity index (χ1) is 17.5. The lowest BCUT2D eigenvalue weighted by Crippen LogP contribution is -2.51. The molecule has 2 fully saturated rings. The number of hydrogen-bond acceptors (Lipinski definition) is 8. The molecule has 2 aliphatic rings. The summed E-state index contributed by atoms with van der Waals surface area (Å²) in [5.74, 6) is 0.823. The zero-order valence-corrected chi connectivity index (χ0v) is 20.9. The van der Waals surface area contributed by atoms with Gasteiger partial charge in [-0.1, -0.05) is 0 Å². The van der Waals surface area contributed by atoms with Crippen LogP contribution in [-0.2, 0) is 9.47 Å². The molecule has 0 bridgehead atoms. The number of nitrogens with zero attached hydrogens (tertiary/aromatic N) is 4. The highest BCUT2D eigenvalue weighted by Crippen LogP contribution is 2.29. The third-order valence-electron chi connectivity index (χ3n) is 7.41. The van der Waals surface area contributed by atoms with Crippen molar-refractivity contribution in [2.75, 3.05) is 31.9 Å². The van der Waals surface area contributed by atoms with E-state index in [9.17, 15) is 9.59 Å². The van der Waals surface area contributed by atoms with E-state index >= 15 is 0 Å². The Morgan fingerprint density at radius 2 is 1.92 bits per heavy atom. The summed E-state index contributed by atoms with van der Waals surface area (Å²) >= 11 is 0. The second kappa shape index (κ2) is 10.3. The van der Waals surface area contributed by atoms with E-state index in [-0.39, 0.29) is 35.8 Å². The largest absolute Gasteiger partial charge is 0.381 e. The van der Waals surface area contributed by atoms with Crippen LogP contribution in [0.2, 0.25) is 0 Å². The molecule has 36 heavy (non-hydrogen) atoms. The van der Waals surface area contributed by atoms with Gasteiger partial charge in [-0.3, -0.25) is 9.59 Å². The molecular weight excluding hydrogens is 462 g/mol. The van der Waals surface area contributed by atoms with Crippen LogP contribution in [0.15, 0.2) is 35.4 Å². The van der Waals surface area contributed by atoms with E-state index in [0.717, 1.165) is 38.5 Å². The van der Waals surface area contributed by atoms with Crippen molar-refractivity contribution < 1.29 is 14.3 Å². The molecule has 2 atom stereocenters. The minimum Gasteiger partial charge on any atom is -0.381 e. The molecular formula is C25H33N7O4. The number of pyridine rings is 1. The lowest BCUT2D eigenvalue weighted by atomic mass is 9.89. The second-order valence-corrected chi connectivity index (χ2v) is 9.43. The van der Waals surface area contributed by atoms with Crippen molar-refractivity contribution in [3.63, 3.8) is 0 Å². The highest BCUT2D eigenvalue weighted by molar-refractivity contribution is 6.00. The standard InChI is InChI=1S/C25H33N7O4/c1-26-22-13-21(28-19-5-4-12-31(25(19)34)15-6-8-16(35-2)9-7-15)30-23-17(14-27-32(22)23)24(33)29-18-10-11-20(18)36-3/h4-5,12-16,18,20,26H,6-11H2,1-3H3,(H,28,30)(H,29,33)/t15?,16?,18-,20-/m1/s1. The number of hydrogen-bond donors (Lipinski definition) is 3. The van der Waals surface area contributed by atoms with Gasteiger partial charge < -0.3 is 30.0 Å². The minimum atomic E-state index is -0.253. The maximum absolute atomic E-state index is 13.3. The average Bonchev–Trinajstić information content (AvgIpc) is 3.32. The highest BCUT2D eigenvalue weighted by Gasteiger charge is 2.33. The first-order valence-electron chi connectivity index (χ1n) is 12.4. The molecule has 0 aromatic carbocycles. The predicted octanol–water partition coefficient (Wildman–Crippen LogP) is 2.71. The van der Waals surface area contributed by atoms with Gasteiger partial charge in [-0.15, -0.1) is 0 Å². The predicted molar refractivity (Wildman–Crippen MR) is 136 cm³/mol. The zero-order valence-electron chi connectivity index (χ0n) is 20.9. The molecule has 0 saturated heterocycles. The molecule has 11 heteroatoms. The Morgan fingerprint density at radius 1 is 1.11 bits per heavy atom. The normalized spacial score (nSPS) is 23.8. The number of nitrogens with one attached hydrogen (secondary N) is 3. The van der Waals surface area contributed by atoms with Crippen molar-refractivity contribution in [2.24, 2.45) is 0 Å². The maximum atomic E-state index is 13.3. The van der Waals surface area contributed by atoms with E-state index < -0.39 is 0 Å². The third kappa shape index (κ3) is 4.56. The molecule has 2 saturated carbocycles. The van der Waals surface area contributed by atoms with E-state index in [4.69, 9.17) is 9.47 Å². The summed E-state index contributed by atoms with van der Waals surface area (Å²) in [6, 6.07) is 5.49. The van der Waals surface area contributed by atoms with Crippen molar-refractivity contribution >= 4 is 28.9 Å². The fourth-order valence-electron chi connectivity index (χ4n) is 5.12. The van der Waals surface area contributed by atoms with Crippen molar-refractivity contribution in [1.82, 2.24) is 24.5 Å². The lowest BCUT2D eigenvalue weighted by Gasteiger charge is -2.35. The van der Waals surface area contributed by atoms with Gasteiger partial charge in [0.1, 0.15) is 22.9 Å². The Bertz CT molecular complexity index is 1290. The SMILES string of the molecule is CNc1cc(Nc2cccn(C3CCC(OC)CC3)c2=O)nc2c(C(=O)N[C@@H]3CC[C@H]3OC)cnn12. The first kappa shape index (κ1) is 24.3. The lowest BCUT2D eigenvalue weighted by molar-refractivity contribution is 0.00732. The summed E-state index contributed by atoms with van der Waals surface area (Å²) < 4.78 is 14.2. The molecule has 3 heterocycles. The average molecular weight is 496 g/mol. The number of rotatable bonds is 8. The number of carbonyl (C=O) groups is 1. The number of ether oxygens (including phenoxy) is 2. The Balaban J connectivity index is 1.41.